The van der Waals surface area contributed by atoms with E-state index in [1.165, 1.54) is 21.5 Å². The van der Waals surface area contributed by atoms with Crippen LogP contribution in [-0.4, -0.2) is 25.9 Å². The number of nitrogens with zero attached hydrogens (tertiary/aromatic N) is 4. The lowest BCUT2D eigenvalue weighted by Crippen LogP contribution is -2.28. The summed E-state index contributed by atoms with van der Waals surface area (Å²) >= 11 is 1.21. The highest BCUT2D eigenvalue weighted by Gasteiger charge is 2.18. The molecule has 3 rings (SSSR count). The summed E-state index contributed by atoms with van der Waals surface area (Å²) in [6.07, 6.45) is 0. The number of amides is 1. The summed E-state index contributed by atoms with van der Waals surface area (Å²) in [5.41, 5.74) is 1.51. The third kappa shape index (κ3) is 2.48. The lowest BCUT2D eigenvalue weighted by molar-refractivity contribution is 0.102. The summed E-state index contributed by atoms with van der Waals surface area (Å²) in [6.45, 7) is 3.69. The van der Waals surface area contributed by atoms with Gasteiger partial charge < -0.3 is 0 Å². The predicted octanol–water partition coefficient (Wildman–Crippen LogP) is 2.08. The van der Waals surface area contributed by atoms with Crippen LogP contribution in [0, 0.1) is 0 Å². The first-order valence-electron chi connectivity index (χ1n) is 6.67. The molecule has 8 heteroatoms. The first-order chi connectivity index (χ1) is 10.6. The average molecular weight is 315 g/mol. The first kappa shape index (κ1) is 14.3. The number of fused-ring (bicyclic) bond motifs is 1. The third-order valence-corrected chi connectivity index (χ3v) is 3.72. The van der Waals surface area contributed by atoms with E-state index < -0.39 is 5.91 Å². The van der Waals surface area contributed by atoms with Crippen LogP contribution in [-0.2, 0) is 0 Å². The van der Waals surface area contributed by atoms with E-state index >= 15 is 0 Å². The number of hydrogen-bond donors (Lipinski definition) is 1. The second-order valence-corrected chi connectivity index (χ2v) is 5.77. The molecule has 3 aromatic rings. The van der Waals surface area contributed by atoms with Gasteiger partial charge in [0.1, 0.15) is 5.51 Å². The second-order valence-electron chi connectivity index (χ2n) is 4.94. The summed E-state index contributed by atoms with van der Waals surface area (Å²) in [6, 6.07) is 6.79. The number of carbonyl (C=O) groups is 1. The van der Waals surface area contributed by atoms with E-state index in [2.05, 4.69) is 20.6 Å². The van der Waals surface area contributed by atoms with Crippen LogP contribution < -0.4 is 10.9 Å². The van der Waals surface area contributed by atoms with Crippen LogP contribution in [0.4, 0.5) is 5.13 Å². The molecule has 0 radical (unpaired) electrons. The lowest BCUT2D eigenvalue weighted by atomic mass is 10.1. The van der Waals surface area contributed by atoms with Gasteiger partial charge in [0.25, 0.3) is 11.5 Å². The zero-order chi connectivity index (χ0) is 15.7. The SMILES string of the molecule is CC(C)n1nc(C(=O)Nc2nncs2)c2ccccc2c1=O. The Labute approximate surface area is 129 Å². The number of hydrogen-bond acceptors (Lipinski definition) is 6. The highest BCUT2D eigenvalue weighted by Crippen LogP contribution is 2.17. The fourth-order valence-corrected chi connectivity index (χ4v) is 2.55. The molecule has 112 valence electrons. The molecule has 0 fully saturated rings. The molecule has 7 nitrogen and oxygen atoms in total. The standard InChI is InChI=1S/C14H13N5O2S/c1-8(2)19-13(21)10-6-4-3-5-9(10)11(18-19)12(20)16-14-17-15-7-22-14/h3-8H,1-2H3,(H,16,17,20). The van der Waals surface area contributed by atoms with E-state index in [9.17, 15) is 9.59 Å². The molecule has 0 saturated carbocycles. The average Bonchev–Trinajstić information content (AvgIpc) is 3.00. The van der Waals surface area contributed by atoms with E-state index in [1.54, 1.807) is 24.3 Å². The predicted molar refractivity (Wildman–Crippen MR) is 84.3 cm³/mol. The largest absolute Gasteiger partial charge is 0.295 e. The highest BCUT2D eigenvalue weighted by atomic mass is 32.1. The molecule has 2 aromatic heterocycles. The molecule has 0 atom stereocenters. The highest BCUT2D eigenvalue weighted by molar-refractivity contribution is 7.13. The fraction of sp³-hybridized carbons (Fsp3) is 0.214. The van der Waals surface area contributed by atoms with Crippen molar-refractivity contribution >= 4 is 33.1 Å². The maximum atomic E-state index is 12.5. The molecule has 22 heavy (non-hydrogen) atoms. The van der Waals surface area contributed by atoms with E-state index in [0.717, 1.165) is 0 Å². The van der Waals surface area contributed by atoms with Crippen LogP contribution in [0.3, 0.4) is 0 Å². The molecule has 0 aliphatic heterocycles. The van der Waals surface area contributed by atoms with Crippen molar-refractivity contribution in [1.82, 2.24) is 20.0 Å². The molecular weight excluding hydrogens is 302 g/mol. The molecule has 2 heterocycles. The Hall–Kier alpha value is -2.61. The molecule has 0 bridgehead atoms. The van der Waals surface area contributed by atoms with Gasteiger partial charge in [-0.3, -0.25) is 14.9 Å². The van der Waals surface area contributed by atoms with Crippen LogP contribution in [0.25, 0.3) is 10.8 Å². The van der Waals surface area contributed by atoms with E-state index in [4.69, 9.17) is 0 Å². The molecule has 0 unspecified atom stereocenters. The number of carbonyl (C=O) groups excluding carboxylic acids is 1. The van der Waals surface area contributed by atoms with Gasteiger partial charge in [0.2, 0.25) is 5.13 Å². The Morgan fingerprint density at radius 2 is 2.00 bits per heavy atom. The number of anilines is 1. The molecule has 1 aromatic carbocycles. The van der Waals surface area contributed by atoms with E-state index in [0.29, 0.717) is 15.9 Å². The van der Waals surface area contributed by atoms with Crippen molar-refractivity contribution in [2.24, 2.45) is 0 Å². The second kappa shape index (κ2) is 5.64. The molecule has 1 amide bonds. The fourth-order valence-electron chi connectivity index (χ4n) is 2.11. The van der Waals surface area contributed by atoms with Gasteiger partial charge in [-0.1, -0.05) is 29.5 Å². The van der Waals surface area contributed by atoms with Crippen molar-refractivity contribution in [3.63, 3.8) is 0 Å². The van der Waals surface area contributed by atoms with Gasteiger partial charge in [-0.2, -0.15) is 5.10 Å². The van der Waals surface area contributed by atoms with Crippen LogP contribution in [0.2, 0.25) is 0 Å². The van der Waals surface area contributed by atoms with E-state index in [1.807, 2.05) is 13.8 Å². The summed E-state index contributed by atoms with van der Waals surface area (Å²) in [5, 5.41) is 15.7. The Morgan fingerprint density at radius 1 is 1.27 bits per heavy atom. The van der Waals surface area contributed by atoms with Gasteiger partial charge in [-0.05, 0) is 19.9 Å². The molecular formula is C14H13N5O2S. The minimum Gasteiger partial charge on any atom is -0.295 e. The van der Waals surface area contributed by atoms with Crippen LogP contribution >= 0.6 is 11.3 Å². The Balaban J connectivity index is 2.17. The molecule has 0 spiro atoms. The molecule has 0 aliphatic rings. The van der Waals surface area contributed by atoms with E-state index in [-0.39, 0.29) is 17.3 Å². The van der Waals surface area contributed by atoms with Crippen molar-refractivity contribution < 1.29 is 4.79 Å². The number of rotatable bonds is 3. The Kier molecular flexibility index (Phi) is 3.68. The maximum absolute atomic E-state index is 12.5. The van der Waals surface area contributed by atoms with Crippen molar-refractivity contribution in [3.05, 3.63) is 45.8 Å². The van der Waals surface area contributed by atoms with Gasteiger partial charge in [-0.25, -0.2) is 4.68 Å². The zero-order valence-electron chi connectivity index (χ0n) is 12.0. The number of aromatic nitrogens is 4. The zero-order valence-corrected chi connectivity index (χ0v) is 12.8. The van der Waals surface area contributed by atoms with Gasteiger partial charge in [-0.15, -0.1) is 10.2 Å². The monoisotopic (exact) mass is 315 g/mol. The van der Waals surface area contributed by atoms with Crippen molar-refractivity contribution in [2.75, 3.05) is 5.32 Å². The minimum atomic E-state index is -0.414. The Morgan fingerprint density at radius 3 is 2.64 bits per heavy atom. The van der Waals surface area contributed by atoms with Crippen LogP contribution in [0.15, 0.2) is 34.6 Å². The van der Waals surface area contributed by atoms with Crippen molar-refractivity contribution in [3.8, 4) is 0 Å². The summed E-state index contributed by atoms with van der Waals surface area (Å²) in [7, 11) is 0. The number of benzene rings is 1. The van der Waals surface area contributed by atoms with Gasteiger partial charge >= 0.3 is 0 Å². The van der Waals surface area contributed by atoms with Crippen LogP contribution in [0.1, 0.15) is 30.4 Å². The van der Waals surface area contributed by atoms with Crippen molar-refractivity contribution in [1.29, 1.82) is 0 Å². The quantitative estimate of drug-likeness (QED) is 0.799. The summed E-state index contributed by atoms with van der Waals surface area (Å²) in [5.74, 6) is -0.414. The van der Waals surface area contributed by atoms with Gasteiger partial charge in [0.15, 0.2) is 5.69 Å². The Bertz CT molecular complexity index is 886. The summed E-state index contributed by atoms with van der Waals surface area (Å²) < 4.78 is 1.32. The van der Waals surface area contributed by atoms with Crippen molar-refractivity contribution in [2.45, 2.75) is 19.9 Å². The van der Waals surface area contributed by atoms with Gasteiger partial charge in [0, 0.05) is 5.39 Å². The summed E-state index contributed by atoms with van der Waals surface area (Å²) in [4.78, 5) is 24.9. The smallest absolute Gasteiger partial charge is 0.278 e. The first-order valence-corrected chi connectivity index (χ1v) is 7.55. The molecule has 1 N–H and O–H groups in total. The maximum Gasteiger partial charge on any atom is 0.278 e. The third-order valence-electron chi connectivity index (χ3n) is 3.11. The minimum absolute atomic E-state index is 0.148. The lowest BCUT2D eigenvalue weighted by Gasteiger charge is -2.12. The molecule has 0 saturated heterocycles. The number of nitrogens with one attached hydrogen (secondary N) is 1. The van der Waals surface area contributed by atoms with Gasteiger partial charge in [0.05, 0.1) is 11.4 Å². The molecule has 0 aliphatic carbocycles. The topological polar surface area (TPSA) is 89.8 Å². The normalized spacial score (nSPS) is 11.0. The van der Waals surface area contributed by atoms with Crippen LogP contribution in [0.5, 0.6) is 0 Å².